The van der Waals surface area contributed by atoms with Crippen molar-refractivity contribution in [3.05, 3.63) is 218 Å². The van der Waals surface area contributed by atoms with Crippen LogP contribution in [0.4, 0.5) is 0 Å². The van der Waals surface area contributed by atoms with Crippen LogP contribution in [0.5, 0.6) is 0 Å². The van der Waals surface area contributed by atoms with E-state index in [-0.39, 0.29) is 5.41 Å². The Bertz CT molecular complexity index is 3070. The Morgan fingerprint density at radius 1 is 0.234 bits per heavy atom. The Morgan fingerprint density at radius 2 is 0.469 bits per heavy atom. The van der Waals surface area contributed by atoms with Gasteiger partial charge in [0, 0.05) is 33.4 Å². The fourth-order valence-electron chi connectivity index (χ4n) is 7.94. The van der Waals surface area contributed by atoms with Gasteiger partial charge >= 0.3 is 0 Å². The second-order valence-electron chi connectivity index (χ2n) is 16.8. The lowest BCUT2D eigenvalue weighted by Gasteiger charge is -2.24. The Hall–Kier alpha value is -8.22. The Labute approximate surface area is 374 Å². The number of nitrogens with zero attached hydrogens (tertiary/aromatic N) is 6. The molecular formula is C58H44N6. The average molecular weight is 825 g/mol. The van der Waals surface area contributed by atoms with E-state index in [1.54, 1.807) is 0 Å². The number of hydrogen-bond donors (Lipinski definition) is 0. The summed E-state index contributed by atoms with van der Waals surface area (Å²) >= 11 is 0. The second kappa shape index (κ2) is 17.3. The summed E-state index contributed by atoms with van der Waals surface area (Å²) in [6.45, 7) is 6.84. The van der Waals surface area contributed by atoms with Gasteiger partial charge in [-0.1, -0.05) is 233 Å². The molecule has 0 aliphatic carbocycles. The van der Waals surface area contributed by atoms with E-state index < -0.39 is 0 Å². The molecule has 0 bridgehead atoms. The van der Waals surface area contributed by atoms with E-state index in [4.69, 9.17) is 29.9 Å². The monoisotopic (exact) mass is 824 g/mol. The summed E-state index contributed by atoms with van der Waals surface area (Å²) < 4.78 is 0. The summed E-state index contributed by atoms with van der Waals surface area (Å²) in [5, 5.41) is 0. The van der Waals surface area contributed by atoms with Crippen molar-refractivity contribution in [2.75, 3.05) is 0 Å². The largest absolute Gasteiger partial charge is 0.208 e. The maximum atomic E-state index is 4.93. The minimum atomic E-state index is -0.0951. The molecule has 64 heavy (non-hydrogen) atoms. The van der Waals surface area contributed by atoms with Crippen LogP contribution in [-0.2, 0) is 5.41 Å². The van der Waals surface area contributed by atoms with E-state index >= 15 is 0 Å². The average Bonchev–Trinajstić information content (AvgIpc) is 3.37. The van der Waals surface area contributed by atoms with Gasteiger partial charge in [-0.15, -0.1) is 0 Å². The molecule has 0 aliphatic rings. The van der Waals surface area contributed by atoms with Gasteiger partial charge in [-0.05, 0) is 44.4 Å². The first kappa shape index (κ1) is 39.9. The molecule has 0 aliphatic heterocycles. The number of rotatable bonds is 9. The zero-order chi connectivity index (χ0) is 43.5. The fourth-order valence-corrected chi connectivity index (χ4v) is 7.94. The van der Waals surface area contributed by atoms with Crippen molar-refractivity contribution in [2.24, 2.45) is 0 Å². The van der Waals surface area contributed by atoms with Crippen LogP contribution < -0.4 is 0 Å². The predicted molar refractivity (Wildman–Crippen MR) is 261 cm³/mol. The van der Waals surface area contributed by atoms with Crippen molar-refractivity contribution in [1.29, 1.82) is 0 Å². The van der Waals surface area contributed by atoms with Gasteiger partial charge < -0.3 is 0 Å². The van der Waals surface area contributed by atoms with E-state index in [1.807, 2.05) is 121 Å². The van der Waals surface area contributed by atoms with E-state index in [0.29, 0.717) is 34.9 Å². The van der Waals surface area contributed by atoms with E-state index in [1.165, 1.54) is 16.7 Å². The molecule has 10 aromatic rings. The van der Waals surface area contributed by atoms with Crippen molar-refractivity contribution in [2.45, 2.75) is 26.2 Å². The van der Waals surface area contributed by atoms with Crippen molar-refractivity contribution < 1.29 is 0 Å². The standard InChI is InChI=1S/C58H44N6/c1-58(2,3)51-38-49(41-28-34-48(35-29-41)57-63-54(45-20-12-6-13-21-45)60-55(64-57)46-22-14-7-15-23-46)36-37-50(51)42-30-24-39(25-31-42)40-26-32-47(33-27-40)56-61-52(43-16-8-4-9-17-43)59-53(62-56)44-18-10-5-11-19-44/h4-38H,1-3H3. The highest BCUT2D eigenvalue weighted by atomic mass is 15.0. The first-order valence-corrected chi connectivity index (χ1v) is 21.5. The molecule has 8 aromatic carbocycles. The molecule has 0 spiro atoms. The van der Waals surface area contributed by atoms with Crippen LogP contribution in [0.2, 0.25) is 0 Å². The predicted octanol–water partition coefficient (Wildman–Crippen LogP) is 14.4. The van der Waals surface area contributed by atoms with Gasteiger partial charge in [0.25, 0.3) is 0 Å². The number of aromatic nitrogens is 6. The van der Waals surface area contributed by atoms with Crippen molar-refractivity contribution in [3.63, 3.8) is 0 Å². The van der Waals surface area contributed by atoms with Gasteiger partial charge in [0.05, 0.1) is 0 Å². The molecule has 0 fully saturated rings. The van der Waals surface area contributed by atoms with Crippen LogP contribution in [0.25, 0.3) is 102 Å². The molecule has 0 N–H and O–H groups in total. The van der Waals surface area contributed by atoms with E-state index in [0.717, 1.165) is 55.6 Å². The molecular weight excluding hydrogens is 781 g/mol. The maximum absolute atomic E-state index is 4.93. The summed E-state index contributed by atoms with van der Waals surface area (Å²) in [5.74, 6) is 3.88. The summed E-state index contributed by atoms with van der Waals surface area (Å²) in [6, 6.07) is 73.0. The van der Waals surface area contributed by atoms with Gasteiger partial charge in [0.15, 0.2) is 34.9 Å². The molecule has 2 aromatic heterocycles. The zero-order valence-electron chi connectivity index (χ0n) is 35.9. The summed E-state index contributed by atoms with van der Waals surface area (Å²) in [6.07, 6.45) is 0. The molecule has 0 unspecified atom stereocenters. The van der Waals surface area contributed by atoms with Crippen molar-refractivity contribution >= 4 is 0 Å². The van der Waals surface area contributed by atoms with Crippen LogP contribution in [0.15, 0.2) is 212 Å². The minimum Gasteiger partial charge on any atom is -0.208 e. The van der Waals surface area contributed by atoms with E-state index in [2.05, 4.69) is 112 Å². The zero-order valence-corrected chi connectivity index (χ0v) is 35.9. The topological polar surface area (TPSA) is 77.3 Å². The molecule has 0 atom stereocenters. The number of benzene rings is 8. The first-order valence-electron chi connectivity index (χ1n) is 21.5. The molecule has 0 radical (unpaired) electrons. The van der Waals surface area contributed by atoms with Crippen LogP contribution in [0, 0.1) is 0 Å². The lowest BCUT2D eigenvalue weighted by atomic mass is 9.80. The molecule has 306 valence electrons. The number of hydrogen-bond acceptors (Lipinski definition) is 6. The van der Waals surface area contributed by atoms with Gasteiger partial charge in [0.1, 0.15) is 0 Å². The molecule has 6 nitrogen and oxygen atoms in total. The molecule has 0 saturated heterocycles. The quantitative estimate of drug-likeness (QED) is 0.144. The van der Waals surface area contributed by atoms with E-state index in [9.17, 15) is 0 Å². The van der Waals surface area contributed by atoms with Crippen LogP contribution in [-0.4, -0.2) is 29.9 Å². The minimum absolute atomic E-state index is 0.0951. The van der Waals surface area contributed by atoms with Crippen LogP contribution >= 0.6 is 0 Å². The van der Waals surface area contributed by atoms with Gasteiger partial charge in [-0.25, -0.2) is 29.9 Å². The molecule has 0 amide bonds. The lowest BCUT2D eigenvalue weighted by Crippen LogP contribution is -2.13. The summed E-state index contributed by atoms with van der Waals surface area (Å²) in [7, 11) is 0. The summed E-state index contributed by atoms with van der Waals surface area (Å²) in [5.41, 5.74) is 13.8. The van der Waals surface area contributed by atoms with Gasteiger partial charge in [-0.2, -0.15) is 0 Å². The Kier molecular flexibility index (Phi) is 10.8. The highest BCUT2D eigenvalue weighted by Crippen LogP contribution is 2.38. The summed E-state index contributed by atoms with van der Waals surface area (Å²) in [4.78, 5) is 29.4. The van der Waals surface area contributed by atoms with Crippen LogP contribution in [0.3, 0.4) is 0 Å². The Balaban J connectivity index is 0.914. The fraction of sp³-hybridized carbons (Fsp3) is 0.0690. The smallest absolute Gasteiger partial charge is 0.164 e. The van der Waals surface area contributed by atoms with Gasteiger partial charge in [-0.3, -0.25) is 0 Å². The van der Waals surface area contributed by atoms with Crippen molar-refractivity contribution in [1.82, 2.24) is 29.9 Å². The normalized spacial score (nSPS) is 11.4. The SMILES string of the molecule is CC(C)(C)c1cc(-c2ccc(-c3nc(-c4ccccc4)nc(-c4ccccc4)n3)cc2)ccc1-c1ccc(-c2ccc(-c3nc(-c4ccccc4)nc(-c4ccccc4)n3)cc2)cc1. The maximum Gasteiger partial charge on any atom is 0.164 e. The second-order valence-corrected chi connectivity index (χ2v) is 16.8. The molecule has 2 heterocycles. The molecule has 0 saturated carbocycles. The molecule has 6 heteroatoms. The van der Waals surface area contributed by atoms with Gasteiger partial charge in [0.2, 0.25) is 0 Å². The van der Waals surface area contributed by atoms with Crippen LogP contribution in [0.1, 0.15) is 26.3 Å². The highest BCUT2D eigenvalue weighted by Gasteiger charge is 2.21. The molecule has 10 rings (SSSR count). The third-order valence-corrected chi connectivity index (χ3v) is 11.4. The third kappa shape index (κ3) is 8.50. The Morgan fingerprint density at radius 3 is 0.766 bits per heavy atom. The van der Waals surface area contributed by atoms with Crippen molar-refractivity contribution in [3.8, 4) is 102 Å². The lowest BCUT2D eigenvalue weighted by molar-refractivity contribution is 0.592. The third-order valence-electron chi connectivity index (χ3n) is 11.4. The first-order chi connectivity index (χ1) is 31.3. The highest BCUT2D eigenvalue weighted by molar-refractivity contribution is 5.79.